The number of ether oxygens (including phenoxy) is 3. The summed E-state index contributed by atoms with van der Waals surface area (Å²) in [5.74, 6) is 1.55. The van der Waals surface area contributed by atoms with E-state index in [1.807, 2.05) is 25.1 Å². The Bertz CT molecular complexity index is 376. The predicted octanol–water partition coefficient (Wildman–Crippen LogP) is 2.91. The minimum Gasteiger partial charge on any atom is -0.497 e. The average Bonchev–Trinajstić information content (AvgIpc) is 2.45. The van der Waals surface area contributed by atoms with Crippen molar-refractivity contribution in [3.05, 3.63) is 23.8 Å². The van der Waals surface area contributed by atoms with E-state index < -0.39 is 0 Å². The monoisotopic (exact) mass is 267 g/mol. The molecular weight excluding hydrogens is 242 g/mol. The zero-order valence-corrected chi connectivity index (χ0v) is 12.3. The lowest BCUT2D eigenvalue weighted by atomic mass is 9.97. The molecule has 0 aromatic heterocycles. The van der Waals surface area contributed by atoms with Crippen LogP contribution in [-0.2, 0) is 4.74 Å². The third-order valence-electron chi connectivity index (χ3n) is 3.15. The summed E-state index contributed by atoms with van der Waals surface area (Å²) in [4.78, 5) is 0. The highest BCUT2D eigenvalue weighted by Gasteiger charge is 2.22. The van der Waals surface area contributed by atoms with Gasteiger partial charge in [-0.15, -0.1) is 0 Å². The standard InChI is InChI=1S/C15H25NO3/c1-5-7-14(19-6-2)15(16)12-10-11(17-3)8-9-13(12)18-4/h8-10,14-15H,5-7,16H2,1-4H3. The Morgan fingerprint density at radius 1 is 1.16 bits per heavy atom. The highest BCUT2D eigenvalue weighted by Crippen LogP contribution is 2.31. The van der Waals surface area contributed by atoms with E-state index in [9.17, 15) is 0 Å². The fourth-order valence-electron chi connectivity index (χ4n) is 2.17. The zero-order chi connectivity index (χ0) is 14.3. The van der Waals surface area contributed by atoms with Crippen molar-refractivity contribution in [2.75, 3.05) is 20.8 Å². The lowest BCUT2D eigenvalue weighted by Gasteiger charge is -2.25. The van der Waals surface area contributed by atoms with Crippen molar-refractivity contribution in [1.82, 2.24) is 0 Å². The topological polar surface area (TPSA) is 53.7 Å². The van der Waals surface area contributed by atoms with Crippen LogP contribution in [0.1, 0.15) is 38.3 Å². The van der Waals surface area contributed by atoms with Crippen molar-refractivity contribution in [2.24, 2.45) is 5.73 Å². The highest BCUT2D eigenvalue weighted by molar-refractivity contribution is 5.42. The Labute approximate surface area is 115 Å². The van der Waals surface area contributed by atoms with Gasteiger partial charge in [-0.3, -0.25) is 0 Å². The molecule has 0 bridgehead atoms. The largest absolute Gasteiger partial charge is 0.497 e. The lowest BCUT2D eigenvalue weighted by Crippen LogP contribution is -2.29. The molecule has 0 aliphatic heterocycles. The molecule has 4 heteroatoms. The number of hydrogen-bond donors (Lipinski definition) is 1. The fourth-order valence-corrected chi connectivity index (χ4v) is 2.17. The third-order valence-corrected chi connectivity index (χ3v) is 3.15. The molecule has 2 N–H and O–H groups in total. The maximum Gasteiger partial charge on any atom is 0.123 e. The van der Waals surface area contributed by atoms with Crippen LogP contribution in [-0.4, -0.2) is 26.9 Å². The van der Waals surface area contributed by atoms with Crippen LogP contribution < -0.4 is 15.2 Å². The summed E-state index contributed by atoms with van der Waals surface area (Å²) in [6.45, 7) is 4.77. The first kappa shape index (κ1) is 15.8. The highest BCUT2D eigenvalue weighted by atomic mass is 16.5. The number of rotatable bonds is 8. The molecule has 1 rings (SSSR count). The van der Waals surface area contributed by atoms with Crippen LogP contribution in [0.5, 0.6) is 11.5 Å². The molecule has 2 atom stereocenters. The number of hydrogen-bond acceptors (Lipinski definition) is 4. The summed E-state index contributed by atoms with van der Waals surface area (Å²) in [6, 6.07) is 5.45. The Balaban J connectivity index is 3.02. The van der Waals surface area contributed by atoms with E-state index in [0.717, 1.165) is 29.9 Å². The van der Waals surface area contributed by atoms with E-state index in [2.05, 4.69) is 6.92 Å². The molecule has 0 spiro atoms. The Hall–Kier alpha value is -1.26. The van der Waals surface area contributed by atoms with E-state index in [-0.39, 0.29) is 12.1 Å². The van der Waals surface area contributed by atoms with E-state index >= 15 is 0 Å². The molecule has 2 unspecified atom stereocenters. The first-order valence-corrected chi connectivity index (χ1v) is 6.76. The van der Waals surface area contributed by atoms with Crippen LogP contribution in [0.25, 0.3) is 0 Å². The van der Waals surface area contributed by atoms with Gasteiger partial charge in [0.2, 0.25) is 0 Å². The quantitative estimate of drug-likeness (QED) is 0.787. The van der Waals surface area contributed by atoms with Crippen molar-refractivity contribution in [3.63, 3.8) is 0 Å². The van der Waals surface area contributed by atoms with Gasteiger partial charge in [-0.1, -0.05) is 13.3 Å². The second kappa shape index (κ2) is 8.02. The van der Waals surface area contributed by atoms with Gasteiger partial charge in [-0.05, 0) is 31.5 Å². The van der Waals surface area contributed by atoms with Gasteiger partial charge in [0, 0.05) is 12.2 Å². The molecule has 1 aromatic rings. The number of benzene rings is 1. The molecule has 4 nitrogen and oxygen atoms in total. The first-order chi connectivity index (χ1) is 9.17. The summed E-state index contributed by atoms with van der Waals surface area (Å²) in [5, 5.41) is 0. The molecule has 0 saturated heterocycles. The van der Waals surface area contributed by atoms with Crippen molar-refractivity contribution < 1.29 is 14.2 Å². The van der Waals surface area contributed by atoms with E-state index in [4.69, 9.17) is 19.9 Å². The molecule has 19 heavy (non-hydrogen) atoms. The van der Waals surface area contributed by atoms with Gasteiger partial charge in [0.15, 0.2) is 0 Å². The molecule has 108 valence electrons. The van der Waals surface area contributed by atoms with Crippen molar-refractivity contribution in [2.45, 2.75) is 38.8 Å². The number of nitrogens with two attached hydrogens (primary N) is 1. The van der Waals surface area contributed by atoms with Gasteiger partial charge in [-0.25, -0.2) is 0 Å². The van der Waals surface area contributed by atoms with E-state index in [1.54, 1.807) is 14.2 Å². The van der Waals surface area contributed by atoms with Gasteiger partial charge >= 0.3 is 0 Å². The Morgan fingerprint density at radius 2 is 1.89 bits per heavy atom. The van der Waals surface area contributed by atoms with Gasteiger partial charge < -0.3 is 19.9 Å². The van der Waals surface area contributed by atoms with Crippen LogP contribution in [0, 0.1) is 0 Å². The molecular formula is C15H25NO3. The SMILES string of the molecule is CCCC(OCC)C(N)c1cc(OC)ccc1OC. The second-order valence-corrected chi connectivity index (χ2v) is 4.42. The van der Waals surface area contributed by atoms with E-state index in [1.165, 1.54) is 0 Å². The smallest absolute Gasteiger partial charge is 0.123 e. The number of methoxy groups -OCH3 is 2. The molecule has 0 aliphatic rings. The maximum atomic E-state index is 6.35. The molecule has 0 amide bonds. The van der Waals surface area contributed by atoms with Crippen LogP contribution in [0.4, 0.5) is 0 Å². The molecule has 0 fully saturated rings. The van der Waals surface area contributed by atoms with Gasteiger partial charge in [-0.2, -0.15) is 0 Å². The van der Waals surface area contributed by atoms with Crippen molar-refractivity contribution >= 4 is 0 Å². The van der Waals surface area contributed by atoms with Crippen molar-refractivity contribution in [1.29, 1.82) is 0 Å². The van der Waals surface area contributed by atoms with Gasteiger partial charge in [0.1, 0.15) is 11.5 Å². The summed E-state index contributed by atoms with van der Waals surface area (Å²) < 4.78 is 16.4. The van der Waals surface area contributed by atoms with Crippen LogP contribution in [0.15, 0.2) is 18.2 Å². The Morgan fingerprint density at radius 3 is 2.42 bits per heavy atom. The second-order valence-electron chi connectivity index (χ2n) is 4.42. The van der Waals surface area contributed by atoms with Crippen LogP contribution in [0.2, 0.25) is 0 Å². The van der Waals surface area contributed by atoms with Crippen LogP contribution in [0.3, 0.4) is 0 Å². The van der Waals surface area contributed by atoms with Gasteiger partial charge in [0.25, 0.3) is 0 Å². The Kier molecular flexibility index (Phi) is 6.67. The zero-order valence-electron chi connectivity index (χ0n) is 12.3. The minimum atomic E-state index is -0.218. The summed E-state index contributed by atoms with van der Waals surface area (Å²) in [5.41, 5.74) is 7.28. The molecule has 0 heterocycles. The summed E-state index contributed by atoms with van der Waals surface area (Å²) in [7, 11) is 3.29. The fraction of sp³-hybridized carbons (Fsp3) is 0.600. The molecule has 0 radical (unpaired) electrons. The maximum absolute atomic E-state index is 6.35. The summed E-state index contributed by atoms with van der Waals surface area (Å²) in [6.07, 6.45) is 1.95. The lowest BCUT2D eigenvalue weighted by molar-refractivity contribution is 0.0368. The predicted molar refractivity (Wildman–Crippen MR) is 76.8 cm³/mol. The third kappa shape index (κ3) is 4.11. The van der Waals surface area contributed by atoms with Crippen molar-refractivity contribution in [3.8, 4) is 11.5 Å². The van der Waals surface area contributed by atoms with Crippen LogP contribution >= 0.6 is 0 Å². The average molecular weight is 267 g/mol. The minimum absolute atomic E-state index is 0.00370. The summed E-state index contributed by atoms with van der Waals surface area (Å²) >= 11 is 0. The van der Waals surface area contributed by atoms with E-state index in [0.29, 0.717) is 6.61 Å². The molecule has 0 aliphatic carbocycles. The normalized spacial score (nSPS) is 13.9. The first-order valence-electron chi connectivity index (χ1n) is 6.76. The van der Waals surface area contributed by atoms with Gasteiger partial charge in [0.05, 0.1) is 26.4 Å². The molecule has 1 aromatic carbocycles. The molecule has 0 saturated carbocycles.